The van der Waals surface area contributed by atoms with Crippen molar-refractivity contribution < 1.29 is 14.7 Å². The number of primary amides is 1. The van der Waals surface area contributed by atoms with Crippen LogP contribution >= 0.6 is 0 Å². The Kier molecular flexibility index (Phi) is 7.81. The summed E-state index contributed by atoms with van der Waals surface area (Å²) in [5, 5.41) is 13.7. The average molecular weight is 459 g/mol. The van der Waals surface area contributed by atoms with Crippen molar-refractivity contribution in [3.8, 4) is 16.8 Å². The largest absolute Gasteiger partial charge is 0.478 e. The number of hydrogen-bond acceptors (Lipinski definition) is 6. The number of aromatic carboxylic acids is 1. The average Bonchev–Trinajstić information content (AvgIpc) is 3.28. The van der Waals surface area contributed by atoms with Gasteiger partial charge in [0, 0.05) is 12.6 Å². The molecule has 4 aromatic rings. The number of nitrogens with zero attached hydrogens (tertiary/aromatic N) is 5. The molecule has 0 aliphatic rings. The molecular weight excluding hydrogens is 432 g/mol. The fourth-order valence-electron chi connectivity index (χ4n) is 3.16. The smallest absolute Gasteiger partial charge is 0.335 e. The predicted octanol–water partition coefficient (Wildman–Crippen LogP) is 3.78. The lowest BCUT2D eigenvalue weighted by Gasteiger charge is -2.10. The molecule has 4 rings (SSSR count). The molecule has 174 valence electrons. The van der Waals surface area contributed by atoms with Gasteiger partial charge < -0.3 is 10.8 Å². The number of rotatable bonds is 6. The number of carboxylic acid groups (broad SMARTS) is 1. The lowest BCUT2D eigenvalue weighted by atomic mass is 10.0. The molecule has 0 radical (unpaired) electrons. The van der Waals surface area contributed by atoms with Crippen LogP contribution in [0.4, 0.5) is 0 Å². The van der Waals surface area contributed by atoms with Gasteiger partial charge in [-0.1, -0.05) is 36.8 Å². The van der Waals surface area contributed by atoms with Gasteiger partial charge >= 0.3 is 5.97 Å². The zero-order chi connectivity index (χ0) is 24.7. The lowest BCUT2D eigenvalue weighted by molar-refractivity contribution is 0.0696. The molecule has 9 heteroatoms. The number of carbonyl (C=O) groups is 2. The number of aromatic nitrogens is 5. The first kappa shape index (κ1) is 24.2. The molecule has 2 aromatic heterocycles. The summed E-state index contributed by atoms with van der Waals surface area (Å²) in [6, 6.07) is 13.3. The van der Waals surface area contributed by atoms with Crippen molar-refractivity contribution in [2.45, 2.75) is 33.6 Å². The molecule has 1 amide bonds. The molecule has 2 aromatic carbocycles. The second kappa shape index (κ2) is 11.0. The van der Waals surface area contributed by atoms with Crippen LogP contribution in [0.5, 0.6) is 0 Å². The third-order valence-electron chi connectivity index (χ3n) is 4.92. The van der Waals surface area contributed by atoms with E-state index in [1.807, 2.05) is 37.3 Å². The van der Waals surface area contributed by atoms with Gasteiger partial charge in [0.05, 0.1) is 23.1 Å². The van der Waals surface area contributed by atoms with Gasteiger partial charge in [-0.15, -0.1) is 0 Å². The van der Waals surface area contributed by atoms with E-state index in [0.29, 0.717) is 5.69 Å². The Morgan fingerprint density at radius 2 is 1.71 bits per heavy atom. The maximum atomic E-state index is 11.5. The zero-order valence-electron chi connectivity index (χ0n) is 19.3. The Bertz CT molecular complexity index is 1280. The Morgan fingerprint density at radius 1 is 0.971 bits per heavy atom. The minimum atomic E-state index is -0.956. The molecule has 0 aliphatic carbocycles. The first-order valence-corrected chi connectivity index (χ1v) is 10.7. The fourth-order valence-corrected chi connectivity index (χ4v) is 3.16. The van der Waals surface area contributed by atoms with E-state index in [0.717, 1.165) is 41.1 Å². The number of carboxylic acids is 1. The van der Waals surface area contributed by atoms with E-state index in [9.17, 15) is 14.7 Å². The van der Waals surface area contributed by atoms with Gasteiger partial charge in [-0.25, -0.2) is 19.4 Å². The van der Waals surface area contributed by atoms with Gasteiger partial charge in [0.1, 0.15) is 17.8 Å². The second-order valence-corrected chi connectivity index (χ2v) is 7.69. The maximum absolute atomic E-state index is 11.5. The zero-order valence-corrected chi connectivity index (χ0v) is 19.3. The van der Waals surface area contributed by atoms with E-state index >= 15 is 0 Å². The van der Waals surface area contributed by atoms with Crippen molar-refractivity contribution >= 4 is 11.9 Å². The van der Waals surface area contributed by atoms with Crippen molar-refractivity contribution in [2.24, 2.45) is 5.73 Å². The second-order valence-electron chi connectivity index (χ2n) is 7.69. The summed E-state index contributed by atoms with van der Waals surface area (Å²) >= 11 is 0. The van der Waals surface area contributed by atoms with Gasteiger partial charge in [-0.2, -0.15) is 5.10 Å². The number of hydrogen-bond donors (Lipinski definition) is 2. The molecule has 0 atom stereocenters. The third-order valence-corrected chi connectivity index (χ3v) is 4.92. The fraction of sp³-hybridized carbons (Fsp3) is 0.200. The first-order valence-electron chi connectivity index (χ1n) is 10.7. The number of amides is 1. The predicted molar refractivity (Wildman–Crippen MR) is 128 cm³/mol. The molecule has 0 saturated heterocycles. The van der Waals surface area contributed by atoms with E-state index < -0.39 is 11.9 Å². The summed E-state index contributed by atoms with van der Waals surface area (Å²) in [6.07, 6.45) is 6.10. The van der Waals surface area contributed by atoms with Crippen LogP contribution in [0.15, 0.2) is 61.2 Å². The Balaban J connectivity index is 0.000000271. The van der Waals surface area contributed by atoms with Crippen LogP contribution in [0, 0.1) is 13.8 Å². The number of benzene rings is 2. The summed E-state index contributed by atoms with van der Waals surface area (Å²) in [4.78, 5) is 33.8. The van der Waals surface area contributed by atoms with Crippen molar-refractivity contribution in [1.29, 1.82) is 0 Å². The van der Waals surface area contributed by atoms with Gasteiger partial charge in [-0.3, -0.25) is 9.78 Å². The highest BCUT2D eigenvalue weighted by atomic mass is 16.4. The highest BCUT2D eigenvalue weighted by molar-refractivity contribution is 5.91. The minimum Gasteiger partial charge on any atom is -0.478 e. The van der Waals surface area contributed by atoms with Gasteiger partial charge in [0.15, 0.2) is 0 Å². The highest BCUT2D eigenvalue weighted by Crippen LogP contribution is 2.25. The number of aryl methyl sites for hydroxylation is 3. The summed E-state index contributed by atoms with van der Waals surface area (Å²) < 4.78 is 1.72. The van der Waals surface area contributed by atoms with Gasteiger partial charge in [-0.05, 0) is 49.6 Å². The molecule has 2 heterocycles. The standard InChI is InChI=1S/C19H19N3O2.C6H7N3O/c1-3-4-18-20-12-21-22(18)17-10-15(9-16(11-17)19(23)24)14-7-5-13(2)6-8-14;1-4-2-9-5(3-8-4)6(7)10/h5-12H,3-4H2,1-2H3,(H,23,24);2-3H,1H3,(H2,7,10). The van der Waals surface area contributed by atoms with Crippen LogP contribution in [0.1, 0.15) is 51.3 Å². The summed E-state index contributed by atoms with van der Waals surface area (Å²) in [7, 11) is 0. The normalized spacial score (nSPS) is 10.3. The van der Waals surface area contributed by atoms with E-state index in [1.165, 1.54) is 18.7 Å². The SMILES string of the molecule is CCCc1ncnn1-c1cc(C(=O)O)cc(-c2ccc(C)cc2)c1.Cc1cnc(C(N)=O)cn1. The first-order chi connectivity index (χ1) is 16.3. The highest BCUT2D eigenvalue weighted by Gasteiger charge is 2.13. The Labute approximate surface area is 197 Å². The summed E-state index contributed by atoms with van der Waals surface area (Å²) in [6.45, 7) is 5.89. The molecule has 9 nitrogen and oxygen atoms in total. The van der Waals surface area contributed by atoms with Crippen molar-refractivity contribution in [3.05, 3.63) is 89.5 Å². The van der Waals surface area contributed by atoms with E-state index in [4.69, 9.17) is 5.73 Å². The van der Waals surface area contributed by atoms with Crippen LogP contribution in [0.3, 0.4) is 0 Å². The van der Waals surface area contributed by atoms with Crippen LogP contribution in [-0.2, 0) is 6.42 Å². The number of nitrogens with two attached hydrogens (primary N) is 1. The summed E-state index contributed by atoms with van der Waals surface area (Å²) in [5.74, 6) is -0.676. The third kappa shape index (κ3) is 6.10. The molecule has 0 fully saturated rings. The van der Waals surface area contributed by atoms with Crippen molar-refractivity contribution in [1.82, 2.24) is 24.7 Å². The quantitative estimate of drug-likeness (QED) is 0.448. The van der Waals surface area contributed by atoms with Crippen molar-refractivity contribution in [2.75, 3.05) is 0 Å². The molecule has 34 heavy (non-hydrogen) atoms. The van der Waals surface area contributed by atoms with Gasteiger partial charge in [0.2, 0.25) is 0 Å². The molecule has 0 saturated carbocycles. The van der Waals surface area contributed by atoms with E-state index in [1.54, 1.807) is 23.7 Å². The van der Waals surface area contributed by atoms with Crippen LogP contribution in [0.2, 0.25) is 0 Å². The molecule has 3 N–H and O–H groups in total. The van der Waals surface area contributed by atoms with Crippen molar-refractivity contribution in [3.63, 3.8) is 0 Å². The topological polar surface area (TPSA) is 137 Å². The maximum Gasteiger partial charge on any atom is 0.335 e. The molecule has 0 bridgehead atoms. The minimum absolute atomic E-state index is 0.200. The van der Waals surface area contributed by atoms with Crippen LogP contribution in [0.25, 0.3) is 16.8 Å². The van der Waals surface area contributed by atoms with Crippen LogP contribution < -0.4 is 5.73 Å². The monoisotopic (exact) mass is 458 g/mol. The van der Waals surface area contributed by atoms with Gasteiger partial charge in [0.25, 0.3) is 5.91 Å². The molecule has 0 unspecified atom stereocenters. The van der Waals surface area contributed by atoms with E-state index in [-0.39, 0.29) is 11.3 Å². The number of carbonyl (C=O) groups excluding carboxylic acids is 1. The Morgan fingerprint density at radius 3 is 2.29 bits per heavy atom. The van der Waals surface area contributed by atoms with Crippen LogP contribution in [-0.4, -0.2) is 41.7 Å². The summed E-state index contributed by atoms with van der Waals surface area (Å²) in [5.41, 5.74) is 9.83. The molecule has 0 spiro atoms. The Hall–Kier alpha value is -4.40. The van der Waals surface area contributed by atoms with E-state index in [2.05, 4.69) is 27.0 Å². The molecular formula is C25H26N6O3. The molecule has 0 aliphatic heterocycles. The lowest BCUT2D eigenvalue weighted by Crippen LogP contribution is -2.13.